The van der Waals surface area contributed by atoms with Crippen molar-refractivity contribution in [3.8, 4) is 6.07 Å². The Kier molecular flexibility index (Phi) is 6.04. The first-order valence-electron chi connectivity index (χ1n) is 6.59. The predicted octanol–water partition coefficient (Wildman–Crippen LogP) is 2.12. The molecule has 1 aromatic carbocycles. The quantitative estimate of drug-likeness (QED) is 0.822. The van der Waals surface area contributed by atoms with E-state index in [1.807, 2.05) is 19.1 Å². The summed E-state index contributed by atoms with van der Waals surface area (Å²) in [6, 6.07) is 9.61. The van der Waals surface area contributed by atoms with Gasteiger partial charge in [-0.05, 0) is 38.0 Å². The van der Waals surface area contributed by atoms with Gasteiger partial charge in [0.05, 0.1) is 24.2 Å². The summed E-state index contributed by atoms with van der Waals surface area (Å²) in [5.41, 5.74) is 1.62. The number of nitrogens with one attached hydrogen (secondary N) is 2. The fraction of sp³-hybridized carbons (Fsp3) is 0.467. The third-order valence-corrected chi connectivity index (χ3v) is 3.14. The second-order valence-corrected chi connectivity index (χ2v) is 4.71. The van der Waals surface area contributed by atoms with Crippen LogP contribution < -0.4 is 10.6 Å². The van der Waals surface area contributed by atoms with Crippen LogP contribution in [0.2, 0.25) is 0 Å². The number of hydrogen-bond donors (Lipinski definition) is 2. The van der Waals surface area contributed by atoms with Crippen LogP contribution in [0, 0.1) is 11.3 Å². The number of benzene rings is 1. The van der Waals surface area contributed by atoms with Gasteiger partial charge >= 0.3 is 0 Å². The van der Waals surface area contributed by atoms with E-state index in [4.69, 9.17) is 5.26 Å². The summed E-state index contributed by atoms with van der Waals surface area (Å²) in [6.07, 6.45) is 0.998. The van der Waals surface area contributed by atoms with Gasteiger partial charge in [-0.2, -0.15) is 5.26 Å². The van der Waals surface area contributed by atoms with Crippen LogP contribution in [0.1, 0.15) is 44.4 Å². The normalized spacial score (nSPS) is 13.4. The molecule has 0 fully saturated rings. The number of nitriles is 1. The molecule has 4 heteroatoms. The van der Waals surface area contributed by atoms with E-state index in [2.05, 4.69) is 30.6 Å². The number of carbonyl (C=O) groups excluding carboxylic acids is 1. The Labute approximate surface area is 114 Å². The van der Waals surface area contributed by atoms with Crippen LogP contribution >= 0.6 is 0 Å². The Morgan fingerprint density at radius 3 is 2.47 bits per heavy atom. The molecule has 0 aliphatic heterocycles. The molecule has 2 unspecified atom stereocenters. The van der Waals surface area contributed by atoms with Crippen LogP contribution in [-0.4, -0.2) is 18.5 Å². The van der Waals surface area contributed by atoms with Crippen molar-refractivity contribution < 1.29 is 4.79 Å². The Hall–Kier alpha value is -1.86. The average Bonchev–Trinajstić information content (AvgIpc) is 2.44. The summed E-state index contributed by atoms with van der Waals surface area (Å²) in [5, 5.41) is 14.8. The first-order valence-corrected chi connectivity index (χ1v) is 6.59. The van der Waals surface area contributed by atoms with E-state index in [-0.39, 0.29) is 11.9 Å². The number of nitrogens with zero attached hydrogens (tertiary/aromatic N) is 1. The van der Waals surface area contributed by atoms with E-state index < -0.39 is 0 Å². The molecule has 1 amide bonds. The van der Waals surface area contributed by atoms with Crippen molar-refractivity contribution in [3.63, 3.8) is 0 Å². The highest BCUT2D eigenvalue weighted by atomic mass is 16.1. The molecule has 102 valence electrons. The molecule has 2 N–H and O–H groups in total. The molecule has 0 radical (unpaired) electrons. The molecule has 0 heterocycles. The van der Waals surface area contributed by atoms with E-state index >= 15 is 0 Å². The lowest BCUT2D eigenvalue weighted by molar-refractivity contribution is -0.121. The van der Waals surface area contributed by atoms with Gasteiger partial charge in [-0.3, -0.25) is 4.79 Å². The number of carbonyl (C=O) groups is 1. The molecule has 1 rings (SSSR count). The Morgan fingerprint density at radius 1 is 1.32 bits per heavy atom. The van der Waals surface area contributed by atoms with Crippen molar-refractivity contribution in [1.29, 1.82) is 5.26 Å². The van der Waals surface area contributed by atoms with Crippen LogP contribution in [-0.2, 0) is 4.79 Å². The standard InChI is InChI=1S/C15H21N3O/c1-4-11(2)17-10-15(19)18-12(3)14-7-5-13(9-16)6-8-14/h5-8,11-12,17H,4,10H2,1-3H3,(H,18,19). The summed E-state index contributed by atoms with van der Waals surface area (Å²) in [6.45, 7) is 6.39. The van der Waals surface area contributed by atoms with Gasteiger partial charge in [0.25, 0.3) is 0 Å². The van der Waals surface area contributed by atoms with Crippen molar-refractivity contribution in [1.82, 2.24) is 10.6 Å². The van der Waals surface area contributed by atoms with Gasteiger partial charge in [-0.25, -0.2) is 0 Å². The maximum Gasteiger partial charge on any atom is 0.234 e. The summed E-state index contributed by atoms with van der Waals surface area (Å²) < 4.78 is 0. The molecule has 1 aromatic rings. The Balaban J connectivity index is 2.47. The van der Waals surface area contributed by atoms with E-state index in [1.165, 1.54) is 0 Å². The van der Waals surface area contributed by atoms with Crippen LogP contribution in [0.4, 0.5) is 0 Å². The summed E-state index contributed by atoms with van der Waals surface area (Å²) in [7, 11) is 0. The third kappa shape index (κ3) is 5.11. The molecule has 0 bridgehead atoms. The summed E-state index contributed by atoms with van der Waals surface area (Å²) in [5.74, 6) is -0.0165. The van der Waals surface area contributed by atoms with Gasteiger partial charge in [0.1, 0.15) is 0 Å². The topological polar surface area (TPSA) is 64.9 Å². The second kappa shape index (κ2) is 7.55. The zero-order chi connectivity index (χ0) is 14.3. The van der Waals surface area contributed by atoms with Gasteiger partial charge in [0.15, 0.2) is 0 Å². The molecule has 4 nitrogen and oxygen atoms in total. The summed E-state index contributed by atoms with van der Waals surface area (Å²) >= 11 is 0. The maximum absolute atomic E-state index is 11.7. The lowest BCUT2D eigenvalue weighted by atomic mass is 10.1. The van der Waals surface area contributed by atoms with Crippen molar-refractivity contribution in [3.05, 3.63) is 35.4 Å². The summed E-state index contributed by atoms with van der Waals surface area (Å²) in [4.78, 5) is 11.7. The SMILES string of the molecule is CCC(C)NCC(=O)NC(C)c1ccc(C#N)cc1. The van der Waals surface area contributed by atoms with Gasteiger partial charge < -0.3 is 10.6 Å². The zero-order valence-electron chi connectivity index (χ0n) is 11.7. The van der Waals surface area contributed by atoms with Gasteiger partial charge in [-0.1, -0.05) is 19.1 Å². The highest BCUT2D eigenvalue weighted by Gasteiger charge is 2.10. The molecular formula is C15H21N3O. The molecule has 0 saturated heterocycles. The smallest absolute Gasteiger partial charge is 0.234 e. The Bertz CT molecular complexity index is 447. The predicted molar refractivity (Wildman–Crippen MR) is 75.5 cm³/mol. The van der Waals surface area contributed by atoms with Crippen LogP contribution in [0.3, 0.4) is 0 Å². The van der Waals surface area contributed by atoms with E-state index in [0.29, 0.717) is 18.2 Å². The Morgan fingerprint density at radius 2 is 1.95 bits per heavy atom. The van der Waals surface area contributed by atoms with Crippen molar-refractivity contribution in [2.75, 3.05) is 6.54 Å². The number of amides is 1. The molecule has 0 aliphatic carbocycles. The van der Waals surface area contributed by atoms with Gasteiger partial charge in [0.2, 0.25) is 5.91 Å². The lowest BCUT2D eigenvalue weighted by Gasteiger charge is -2.16. The molecule has 0 saturated carbocycles. The largest absolute Gasteiger partial charge is 0.348 e. The molecule has 0 spiro atoms. The minimum Gasteiger partial charge on any atom is -0.348 e. The number of hydrogen-bond acceptors (Lipinski definition) is 3. The zero-order valence-corrected chi connectivity index (χ0v) is 11.7. The van der Waals surface area contributed by atoms with E-state index in [9.17, 15) is 4.79 Å². The first-order chi connectivity index (χ1) is 9.06. The number of rotatable bonds is 6. The fourth-order valence-corrected chi connectivity index (χ4v) is 1.63. The molecular weight excluding hydrogens is 238 g/mol. The fourth-order valence-electron chi connectivity index (χ4n) is 1.63. The van der Waals surface area contributed by atoms with Crippen LogP contribution in [0.25, 0.3) is 0 Å². The van der Waals surface area contributed by atoms with Crippen molar-refractivity contribution in [2.45, 2.75) is 39.3 Å². The van der Waals surface area contributed by atoms with Crippen molar-refractivity contribution in [2.24, 2.45) is 0 Å². The lowest BCUT2D eigenvalue weighted by Crippen LogP contribution is -2.38. The van der Waals surface area contributed by atoms with Crippen LogP contribution in [0.5, 0.6) is 0 Å². The van der Waals surface area contributed by atoms with E-state index in [1.54, 1.807) is 12.1 Å². The van der Waals surface area contributed by atoms with Crippen molar-refractivity contribution >= 4 is 5.91 Å². The monoisotopic (exact) mass is 259 g/mol. The maximum atomic E-state index is 11.7. The third-order valence-electron chi connectivity index (χ3n) is 3.14. The molecule has 0 aliphatic rings. The van der Waals surface area contributed by atoms with Crippen LogP contribution in [0.15, 0.2) is 24.3 Å². The second-order valence-electron chi connectivity index (χ2n) is 4.71. The van der Waals surface area contributed by atoms with Gasteiger partial charge in [0, 0.05) is 6.04 Å². The minimum atomic E-state index is -0.0565. The molecule has 0 aromatic heterocycles. The highest BCUT2D eigenvalue weighted by molar-refractivity contribution is 5.78. The molecule has 2 atom stereocenters. The highest BCUT2D eigenvalue weighted by Crippen LogP contribution is 2.12. The average molecular weight is 259 g/mol. The van der Waals surface area contributed by atoms with Gasteiger partial charge in [-0.15, -0.1) is 0 Å². The molecule has 19 heavy (non-hydrogen) atoms. The first kappa shape index (κ1) is 15.2. The van der Waals surface area contributed by atoms with E-state index in [0.717, 1.165) is 12.0 Å². The minimum absolute atomic E-state index is 0.0165.